The van der Waals surface area contributed by atoms with Gasteiger partial charge in [0.05, 0.1) is 11.9 Å². The zero-order valence-corrected chi connectivity index (χ0v) is 13.6. The lowest BCUT2D eigenvalue weighted by atomic mass is 9.97. The first-order chi connectivity index (χ1) is 9.24. The van der Waals surface area contributed by atoms with E-state index < -0.39 is 26.6 Å². The van der Waals surface area contributed by atoms with E-state index in [1.54, 1.807) is 6.92 Å². The van der Waals surface area contributed by atoms with Gasteiger partial charge in [0.25, 0.3) is 0 Å². The smallest absolute Gasteiger partial charge is 0.327 e. The normalized spacial score (nSPS) is 26.9. The van der Waals surface area contributed by atoms with Gasteiger partial charge in [0.1, 0.15) is 5.54 Å². The maximum Gasteiger partial charge on any atom is 0.327 e. The van der Waals surface area contributed by atoms with Gasteiger partial charge in [0.2, 0.25) is 0 Å². The second-order valence-corrected chi connectivity index (χ2v) is 7.86. The second kappa shape index (κ2) is 6.87. The molecule has 2 atom stereocenters. The summed E-state index contributed by atoms with van der Waals surface area (Å²) < 4.78 is 29.1. The summed E-state index contributed by atoms with van der Waals surface area (Å²) in [5.74, 6) is -0.438. The average Bonchev–Trinajstić information content (AvgIpc) is 2.73. The molecule has 1 rings (SSSR count). The Balaban J connectivity index is 2.97. The SMILES string of the molecule is CCOC(=O)C1(NCCN(C)C)CCCC1S(C)(=O)=O. The van der Waals surface area contributed by atoms with Crippen LogP contribution in [0.25, 0.3) is 0 Å². The lowest BCUT2D eigenvalue weighted by Gasteiger charge is -2.33. The molecule has 6 nitrogen and oxygen atoms in total. The van der Waals surface area contributed by atoms with Crippen LogP contribution in [0.3, 0.4) is 0 Å². The molecule has 0 aromatic carbocycles. The third-order valence-electron chi connectivity index (χ3n) is 3.74. The van der Waals surface area contributed by atoms with E-state index in [0.717, 1.165) is 6.54 Å². The number of hydrogen-bond donors (Lipinski definition) is 1. The van der Waals surface area contributed by atoms with Gasteiger partial charge >= 0.3 is 5.97 Å². The van der Waals surface area contributed by atoms with E-state index in [1.165, 1.54) is 6.26 Å². The van der Waals surface area contributed by atoms with Gasteiger partial charge < -0.3 is 9.64 Å². The summed E-state index contributed by atoms with van der Waals surface area (Å²) >= 11 is 0. The third-order valence-corrected chi connectivity index (χ3v) is 5.41. The van der Waals surface area contributed by atoms with E-state index in [9.17, 15) is 13.2 Å². The maximum atomic E-state index is 12.3. The molecular formula is C13H26N2O4S. The number of carbonyl (C=O) groups excluding carboxylic acids is 1. The molecule has 0 aliphatic heterocycles. The Bertz CT molecular complexity index is 436. The summed E-state index contributed by atoms with van der Waals surface area (Å²) in [7, 11) is 0.563. The van der Waals surface area contributed by atoms with Crippen LogP contribution in [0, 0.1) is 0 Å². The number of nitrogens with one attached hydrogen (secondary N) is 1. The highest BCUT2D eigenvalue weighted by molar-refractivity contribution is 7.91. The van der Waals surface area contributed by atoms with E-state index >= 15 is 0 Å². The van der Waals surface area contributed by atoms with Crippen molar-refractivity contribution in [2.24, 2.45) is 0 Å². The molecule has 0 amide bonds. The molecule has 0 aromatic rings. The van der Waals surface area contributed by atoms with Gasteiger partial charge in [-0.15, -0.1) is 0 Å². The quantitative estimate of drug-likeness (QED) is 0.669. The number of esters is 1. The molecule has 118 valence electrons. The molecule has 0 bridgehead atoms. The Morgan fingerprint density at radius 2 is 2.10 bits per heavy atom. The molecule has 20 heavy (non-hydrogen) atoms. The highest BCUT2D eigenvalue weighted by Gasteiger charge is 2.54. The number of hydrogen-bond acceptors (Lipinski definition) is 6. The summed E-state index contributed by atoms with van der Waals surface area (Å²) in [5, 5.41) is 2.47. The molecule has 0 aromatic heterocycles. The van der Waals surface area contributed by atoms with Crippen molar-refractivity contribution >= 4 is 15.8 Å². The summed E-state index contributed by atoms with van der Waals surface area (Å²) in [5.41, 5.74) is -1.08. The molecule has 1 fully saturated rings. The number of carbonyl (C=O) groups is 1. The maximum absolute atomic E-state index is 12.3. The number of nitrogens with zero attached hydrogens (tertiary/aromatic N) is 1. The van der Waals surface area contributed by atoms with Gasteiger partial charge in [-0.3, -0.25) is 10.1 Å². The summed E-state index contributed by atoms with van der Waals surface area (Å²) in [6.07, 6.45) is 2.93. The topological polar surface area (TPSA) is 75.7 Å². The predicted molar refractivity (Wildman–Crippen MR) is 78.4 cm³/mol. The average molecular weight is 306 g/mol. The van der Waals surface area contributed by atoms with Crippen molar-refractivity contribution < 1.29 is 17.9 Å². The fourth-order valence-electron chi connectivity index (χ4n) is 2.82. The van der Waals surface area contributed by atoms with E-state index in [-0.39, 0.29) is 6.61 Å². The van der Waals surface area contributed by atoms with Crippen molar-refractivity contribution in [3.63, 3.8) is 0 Å². The number of ether oxygens (including phenoxy) is 1. The van der Waals surface area contributed by atoms with Crippen molar-refractivity contribution in [3.8, 4) is 0 Å². The van der Waals surface area contributed by atoms with Gasteiger partial charge in [-0.1, -0.05) is 0 Å². The minimum Gasteiger partial charge on any atom is -0.465 e. The summed E-state index contributed by atoms with van der Waals surface area (Å²) in [4.78, 5) is 14.3. The fourth-order valence-corrected chi connectivity index (χ4v) is 4.45. The van der Waals surface area contributed by atoms with Crippen molar-refractivity contribution in [2.75, 3.05) is 40.0 Å². The molecular weight excluding hydrogens is 280 g/mol. The molecule has 0 radical (unpaired) electrons. The summed E-state index contributed by atoms with van der Waals surface area (Å²) in [6, 6.07) is 0. The van der Waals surface area contributed by atoms with Crippen LogP contribution in [0.15, 0.2) is 0 Å². The number of rotatable bonds is 7. The first kappa shape index (κ1) is 17.4. The molecule has 0 saturated heterocycles. The number of likely N-dealkylation sites (N-methyl/N-ethyl adjacent to an activating group) is 1. The zero-order chi connectivity index (χ0) is 15.4. The minimum atomic E-state index is -3.30. The van der Waals surface area contributed by atoms with Gasteiger partial charge in [-0.25, -0.2) is 8.42 Å². The van der Waals surface area contributed by atoms with Crippen LogP contribution in [0.4, 0.5) is 0 Å². The molecule has 1 aliphatic carbocycles. The van der Waals surface area contributed by atoms with Crippen LogP contribution >= 0.6 is 0 Å². The Morgan fingerprint density at radius 3 is 2.60 bits per heavy atom. The second-order valence-electron chi connectivity index (χ2n) is 5.63. The zero-order valence-electron chi connectivity index (χ0n) is 12.8. The monoisotopic (exact) mass is 306 g/mol. The molecule has 1 saturated carbocycles. The first-order valence-electron chi connectivity index (χ1n) is 7.00. The Labute approximate surface area is 121 Å². The van der Waals surface area contributed by atoms with Crippen molar-refractivity contribution in [3.05, 3.63) is 0 Å². The van der Waals surface area contributed by atoms with Crippen LogP contribution in [0.1, 0.15) is 26.2 Å². The summed E-state index contributed by atoms with van der Waals surface area (Å²) in [6.45, 7) is 3.28. The Kier molecular flexibility index (Phi) is 5.97. The van der Waals surface area contributed by atoms with Gasteiger partial charge in [-0.05, 0) is 40.3 Å². The van der Waals surface area contributed by atoms with Crippen LogP contribution < -0.4 is 5.32 Å². The van der Waals surface area contributed by atoms with Crippen LogP contribution in [-0.4, -0.2) is 70.1 Å². The molecule has 0 spiro atoms. The van der Waals surface area contributed by atoms with Crippen molar-refractivity contribution in [2.45, 2.75) is 37.0 Å². The standard InChI is InChI=1S/C13H26N2O4S/c1-5-19-12(16)13(14-9-10-15(2)3)8-6-7-11(13)20(4,17)18/h11,14H,5-10H2,1-4H3. The van der Waals surface area contributed by atoms with E-state index in [2.05, 4.69) is 5.32 Å². The molecule has 1 N–H and O–H groups in total. The predicted octanol–water partition coefficient (Wildman–Crippen LogP) is 0.0366. The Morgan fingerprint density at radius 1 is 1.45 bits per heavy atom. The van der Waals surface area contributed by atoms with Crippen LogP contribution in [0.2, 0.25) is 0 Å². The van der Waals surface area contributed by atoms with E-state index in [4.69, 9.17) is 4.74 Å². The van der Waals surface area contributed by atoms with Gasteiger partial charge in [-0.2, -0.15) is 0 Å². The third kappa shape index (κ3) is 3.93. The Hall–Kier alpha value is -0.660. The minimum absolute atomic E-state index is 0.256. The number of sulfone groups is 1. The largest absolute Gasteiger partial charge is 0.465 e. The first-order valence-corrected chi connectivity index (χ1v) is 8.95. The van der Waals surface area contributed by atoms with Crippen LogP contribution in [-0.2, 0) is 19.4 Å². The highest BCUT2D eigenvalue weighted by atomic mass is 32.2. The van der Waals surface area contributed by atoms with Crippen molar-refractivity contribution in [1.82, 2.24) is 10.2 Å². The van der Waals surface area contributed by atoms with Crippen LogP contribution in [0.5, 0.6) is 0 Å². The van der Waals surface area contributed by atoms with E-state index in [0.29, 0.717) is 25.8 Å². The lowest BCUT2D eigenvalue weighted by Crippen LogP contribution is -2.61. The van der Waals surface area contributed by atoms with Gasteiger partial charge in [0, 0.05) is 19.3 Å². The molecule has 7 heteroatoms. The lowest BCUT2D eigenvalue weighted by molar-refractivity contribution is -0.150. The van der Waals surface area contributed by atoms with E-state index in [1.807, 2.05) is 19.0 Å². The fraction of sp³-hybridized carbons (Fsp3) is 0.923. The van der Waals surface area contributed by atoms with Gasteiger partial charge in [0.15, 0.2) is 9.84 Å². The highest BCUT2D eigenvalue weighted by Crippen LogP contribution is 2.36. The molecule has 2 unspecified atom stereocenters. The molecule has 1 aliphatic rings. The van der Waals surface area contributed by atoms with Crippen molar-refractivity contribution in [1.29, 1.82) is 0 Å². The molecule has 0 heterocycles.